The number of ether oxygens (including phenoxy) is 3. The Balaban J connectivity index is 1.69. The van der Waals surface area contributed by atoms with Crippen molar-refractivity contribution >= 4 is 21.8 Å². The molecule has 1 fully saturated rings. The topological polar surface area (TPSA) is 89.9 Å². The van der Waals surface area contributed by atoms with E-state index in [0.29, 0.717) is 17.1 Å². The summed E-state index contributed by atoms with van der Waals surface area (Å²) in [6, 6.07) is 12.5. The minimum atomic E-state index is -0.602. The van der Waals surface area contributed by atoms with Gasteiger partial charge in [0.25, 0.3) is 0 Å². The van der Waals surface area contributed by atoms with Crippen molar-refractivity contribution in [3.8, 4) is 23.3 Å². The Bertz CT molecular complexity index is 1180. The van der Waals surface area contributed by atoms with Gasteiger partial charge in [0.1, 0.15) is 17.7 Å². The van der Waals surface area contributed by atoms with Crippen LogP contribution in [-0.2, 0) is 6.42 Å². The van der Waals surface area contributed by atoms with E-state index in [1.165, 1.54) is 18.4 Å². The summed E-state index contributed by atoms with van der Waals surface area (Å²) >= 11 is 3.60. The van der Waals surface area contributed by atoms with Crippen LogP contribution in [0.15, 0.2) is 50.9 Å². The second kappa shape index (κ2) is 7.61. The van der Waals surface area contributed by atoms with Gasteiger partial charge in [-0.15, -0.1) is 0 Å². The summed E-state index contributed by atoms with van der Waals surface area (Å²) in [5.41, 5.74) is 10.4. The van der Waals surface area contributed by atoms with Crippen LogP contribution in [0.3, 0.4) is 0 Å². The maximum absolute atomic E-state index is 9.80. The van der Waals surface area contributed by atoms with E-state index in [0.717, 1.165) is 39.3 Å². The van der Waals surface area contributed by atoms with E-state index in [2.05, 4.69) is 45.2 Å². The average molecular weight is 480 g/mol. The van der Waals surface area contributed by atoms with Gasteiger partial charge < -0.3 is 19.9 Å². The molecule has 2 aliphatic heterocycles. The van der Waals surface area contributed by atoms with Gasteiger partial charge in [-0.25, -0.2) is 4.99 Å². The predicted octanol–water partition coefficient (Wildman–Crippen LogP) is 4.46. The van der Waals surface area contributed by atoms with E-state index in [1.54, 1.807) is 14.2 Å². The number of hydrogen-bond donors (Lipinski definition) is 1. The lowest BCUT2D eigenvalue weighted by atomic mass is 9.80. The highest BCUT2D eigenvalue weighted by molar-refractivity contribution is 9.10. The third-order valence-corrected chi connectivity index (χ3v) is 6.72. The molecule has 7 heteroatoms. The smallest absolute Gasteiger partial charge is 0.216 e. The molecule has 0 amide bonds. The van der Waals surface area contributed by atoms with Gasteiger partial charge in [-0.2, -0.15) is 5.26 Å². The van der Waals surface area contributed by atoms with Crippen molar-refractivity contribution in [1.29, 1.82) is 5.26 Å². The fraction of sp³-hybridized carbons (Fsp3) is 0.333. The zero-order valence-electron chi connectivity index (χ0n) is 17.3. The van der Waals surface area contributed by atoms with Crippen molar-refractivity contribution in [1.82, 2.24) is 0 Å². The molecule has 2 atom stereocenters. The Labute approximate surface area is 189 Å². The Morgan fingerprint density at radius 3 is 2.71 bits per heavy atom. The van der Waals surface area contributed by atoms with Crippen LogP contribution in [-0.4, -0.2) is 26.3 Å². The first-order valence-corrected chi connectivity index (χ1v) is 11.0. The first-order valence-electron chi connectivity index (χ1n) is 10.2. The normalized spacial score (nSPS) is 21.5. The molecule has 5 rings (SSSR count). The Morgan fingerprint density at radius 2 is 2.03 bits per heavy atom. The summed E-state index contributed by atoms with van der Waals surface area (Å²) < 4.78 is 18.1. The number of methoxy groups -OCH3 is 2. The van der Waals surface area contributed by atoms with Crippen LogP contribution >= 0.6 is 15.9 Å². The average Bonchev–Trinajstić information content (AvgIpc) is 3.51. The number of halogens is 1. The first kappa shape index (κ1) is 20.0. The number of amidine groups is 1. The lowest BCUT2D eigenvalue weighted by molar-refractivity contribution is 0.227. The van der Waals surface area contributed by atoms with Gasteiger partial charge in [-0.3, -0.25) is 0 Å². The molecule has 1 saturated carbocycles. The van der Waals surface area contributed by atoms with Crippen molar-refractivity contribution in [3.05, 3.63) is 62.6 Å². The number of hydrogen-bond acceptors (Lipinski definition) is 6. The summed E-state index contributed by atoms with van der Waals surface area (Å²) in [7, 11) is 3.21. The largest absolute Gasteiger partial charge is 0.493 e. The molecular formula is C24H22BrN3O3. The number of aliphatic imine (C=N–C) groups is 1. The van der Waals surface area contributed by atoms with Crippen LogP contribution in [0.5, 0.6) is 17.2 Å². The second-order valence-electron chi connectivity index (χ2n) is 8.12. The molecule has 0 radical (unpaired) electrons. The van der Waals surface area contributed by atoms with Gasteiger partial charge in [-0.05, 0) is 70.4 Å². The van der Waals surface area contributed by atoms with E-state index in [-0.39, 0.29) is 11.8 Å². The zero-order valence-corrected chi connectivity index (χ0v) is 18.9. The van der Waals surface area contributed by atoms with Gasteiger partial charge in [0.2, 0.25) is 6.23 Å². The summed E-state index contributed by atoms with van der Waals surface area (Å²) in [4.78, 5) is 4.45. The molecule has 2 heterocycles. The number of nitrogens with zero attached hydrogens (tertiary/aromatic N) is 2. The van der Waals surface area contributed by atoms with Crippen LogP contribution in [0.1, 0.15) is 35.4 Å². The number of nitriles is 1. The monoisotopic (exact) mass is 479 g/mol. The molecule has 0 bridgehead atoms. The molecule has 0 spiro atoms. The molecule has 3 aliphatic rings. The molecule has 2 aromatic rings. The summed E-state index contributed by atoms with van der Waals surface area (Å²) in [6.45, 7) is 0. The van der Waals surface area contributed by atoms with Gasteiger partial charge in [0.05, 0.1) is 24.3 Å². The first-order chi connectivity index (χ1) is 15.0. The minimum absolute atomic E-state index is 0.220. The van der Waals surface area contributed by atoms with Crippen molar-refractivity contribution in [2.45, 2.75) is 31.4 Å². The van der Waals surface area contributed by atoms with Crippen molar-refractivity contribution in [2.24, 2.45) is 16.6 Å². The van der Waals surface area contributed by atoms with Gasteiger partial charge in [0, 0.05) is 17.1 Å². The summed E-state index contributed by atoms with van der Waals surface area (Å²) in [5, 5.41) is 9.80. The minimum Gasteiger partial charge on any atom is -0.493 e. The van der Waals surface area contributed by atoms with Crippen molar-refractivity contribution in [2.75, 3.05) is 14.2 Å². The SMILES string of the molecule is COc1cc(C2C3=C(C#N)C(N)=NC3Oc3cc(CC4CC4)ccc32)cc(Br)c1OC. The number of nitrogens with two attached hydrogens (primary N) is 1. The number of fused-ring (bicyclic) bond motifs is 2. The van der Waals surface area contributed by atoms with Gasteiger partial charge in [0.15, 0.2) is 11.5 Å². The molecule has 158 valence electrons. The maximum Gasteiger partial charge on any atom is 0.216 e. The van der Waals surface area contributed by atoms with E-state index in [9.17, 15) is 5.26 Å². The molecular weight excluding hydrogens is 458 g/mol. The fourth-order valence-electron chi connectivity index (χ4n) is 4.48. The number of benzene rings is 2. The predicted molar refractivity (Wildman–Crippen MR) is 121 cm³/mol. The van der Waals surface area contributed by atoms with E-state index >= 15 is 0 Å². The molecule has 0 aromatic heterocycles. The van der Waals surface area contributed by atoms with Crippen LogP contribution in [0, 0.1) is 17.2 Å². The summed E-state index contributed by atoms with van der Waals surface area (Å²) in [5.74, 6) is 2.77. The van der Waals surface area contributed by atoms with Gasteiger partial charge in [-0.1, -0.05) is 12.1 Å². The molecule has 6 nitrogen and oxygen atoms in total. The van der Waals surface area contributed by atoms with E-state index < -0.39 is 6.23 Å². The molecule has 31 heavy (non-hydrogen) atoms. The third kappa shape index (κ3) is 3.35. The molecule has 1 aliphatic carbocycles. The van der Waals surface area contributed by atoms with Crippen LogP contribution < -0.4 is 19.9 Å². The Morgan fingerprint density at radius 1 is 1.23 bits per heavy atom. The quantitative estimate of drug-likeness (QED) is 0.683. The third-order valence-electron chi connectivity index (χ3n) is 6.13. The zero-order chi connectivity index (χ0) is 21.7. The maximum atomic E-state index is 9.80. The van der Waals surface area contributed by atoms with E-state index in [1.807, 2.05) is 12.1 Å². The summed E-state index contributed by atoms with van der Waals surface area (Å²) in [6.07, 6.45) is 3.05. The Kier molecular flexibility index (Phi) is 4.90. The van der Waals surface area contributed by atoms with E-state index in [4.69, 9.17) is 19.9 Å². The highest BCUT2D eigenvalue weighted by Gasteiger charge is 2.41. The molecule has 2 aromatic carbocycles. The molecule has 0 saturated heterocycles. The van der Waals surface area contributed by atoms with Crippen LogP contribution in [0.25, 0.3) is 0 Å². The lowest BCUT2D eigenvalue weighted by Gasteiger charge is -2.32. The molecule has 2 N–H and O–H groups in total. The standard InChI is InChI=1S/C24H22BrN3O3/c1-29-19-10-14(9-17(25)22(19)30-2)20-15-6-5-13(7-12-3-4-12)8-18(15)31-24-21(20)16(11-26)23(27)28-24/h5-6,8-10,12,20,24H,3-4,7H2,1-2H3,(H2,27,28). The fourth-order valence-corrected chi connectivity index (χ4v) is 5.11. The lowest BCUT2D eigenvalue weighted by Crippen LogP contribution is -2.27. The van der Waals surface area contributed by atoms with Crippen molar-refractivity contribution < 1.29 is 14.2 Å². The van der Waals surface area contributed by atoms with Gasteiger partial charge >= 0.3 is 0 Å². The van der Waals surface area contributed by atoms with Crippen molar-refractivity contribution in [3.63, 3.8) is 0 Å². The molecule has 2 unspecified atom stereocenters. The van der Waals surface area contributed by atoms with Crippen LogP contribution in [0.2, 0.25) is 0 Å². The highest BCUT2D eigenvalue weighted by Crippen LogP contribution is 2.50. The van der Waals surface area contributed by atoms with Crippen LogP contribution in [0.4, 0.5) is 0 Å². The Hall–Kier alpha value is -2.98. The highest BCUT2D eigenvalue weighted by atomic mass is 79.9. The number of rotatable bonds is 5. The second-order valence-corrected chi connectivity index (χ2v) is 8.97.